The lowest BCUT2D eigenvalue weighted by atomic mass is 10.0. The summed E-state index contributed by atoms with van der Waals surface area (Å²) in [6.07, 6.45) is 16.7. The summed E-state index contributed by atoms with van der Waals surface area (Å²) in [6.45, 7) is 4.38. The summed E-state index contributed by atoms with van der Waals surface area (Å²) in [6, 6.07) is 0. The van der Waals surface area contributed by atoms with Crippen LogP contribution in [0.25, 0.3) is 0 Å². The molecule has 0 aromatic rings. The number of carbonyl (C=O) groups excluding carboxylic acids is 1. The van der Waals surface area contributed by atoms with E-state index in [1.807, 2.05) is 0 Å². The molecule has 0 amide bonds. The summed E-state index contributed by atoms with van der Waals surface area (Å²) in [5, 5.41) is 0. The molecule has 0 aliphatic rings. The van der Waals surface area contributed by atoms with E-state index in [1.165, 1.54) is 44.9 Å². The second-order valence-electron chi connectivity index (χ2n) is 4.77. The molecule has 0 aromatic heterocycles. The van der Waals surface area contributed by atoms with E-state index in [-0.39, 0.29) is 0 Å². The van der Waals surface area contributed by atoms with Crippen molar-refractivity contribution >= 4 is 6.29 Å². The van der Waals surface area contributed by atoms with Gasteiger partial charge in [0.25, 0.3) is 0 Å². The molecule has 0 aliphatic heterocycles. The van der Waals surface area contributed by atoms with Gasteiger partial charge in [0.05, 0.1) is 0 Å². The van der Waals surface area contributed by atoms with Crippen LogP contribution in [0.3, 0.4) is 0 Å². The lowest BCUT2D eigenvalue weighted by molar-refractivity contribution is -0.108. The van der Waals surface area contributed by atoms with Crippen molar-refractivity contribution < 1.29 is 4.79 Å². The Morgan fingerprint density at radius 3 is 2.31 bits per heavy atom. The average Bonchev–Trinajstić information content (AvgIpc) is 2.27. The van der Waals surface area contributed by atoms with Gasteiger partial charge in [-0.1, -0.05) is 58.1 Å². The van der Waals surface area contributed by atoms with E-state index < -0.39 is 0 Å². The molecule has 0 saturated heterocycles. The highest BCUT2D eigenvalue weighted by Crippen LogP contribution is 2.09. The van der Waals surface area contributed by atoms with Crippen molar-refractivity contribution in [2.75, 3.05) is 0 Å². The first-order valence-corrected chi connectivity index (χ1v) is 6.89. The van der Waals surface area contributed by atoms with E-state index in [2.05, 4.69) is 26.0 Å². The maximum absolute atomic E-state index is 10.3. The minimum atomic E-state index is 0.512. The Hall–Kier alpha value is -0.590. The molecule has 1 heteroatoms. The van der Waals surface area contributed by atoms with Crippen LogP contribution in [0.15, 0.2) is 12.2 Å². The lowest BCUT2D eigenvalue weighted by Crippen LogP contribution is -1.92. The van der Waals surface area contributed by atoms with Crippen molar-refractivity contribution in [1.29, 1.82) is 0 Å². The number of aldehydes is 1. The van der Waals surface area contributed by atoms with E-state index in [0.29, 0.717) is 12.3 Å². The molecule has 0 spiro atoms. The first-order valence-electron chi connectivity index (χ1n) is 6.89. The molecule has 1 unspecified atom stereocenters. The minimum absolute atomic E-state index is 0.512. The van der Waals surface area contributed by atoms with E-state index in [4.69, 9.17) is 0 Å². The highest BCUT2D eigenvalue weighted by Gasteiger charge is 1.96. The standard InChI is InChI=1S/C15H28O/c1-3-4-5-6-7-8-9-10-11-12-15(2)13-14-16/h10-11,14-15H,3-9,12-13H2,1-2H3. The molecule has 94 valence electrons. The van der Waals surface area contributed by atoms with Gasteiger partial charge in [-0.25, -0.2) is 0 Å². The Morgan fingerprint density at radius 1 is 0.938 bits per heavy atom. The molecule has 0 rings (SSSR count). The van der Waals surface area contributed by atoms with E-state index >= 15 is 0 Å². The second kappa shape index (κ2) is 12.5. The zero-order valence-electron chi connectivity index (χ0n) is 11.1. The Kier molecular flexibility index (Phi) is 12.0. The molecular formula is C15H28O. The summed E-state index contributed by atoms with van der Waals surface area (Å²) in [5.41, 5.74) is 0. The van der Waals surface area contributed by atoms with Crippen LogP contribution in [0.2, 0.25) is 0 Å². The van der Waals surface area contributed by atoms with Crippen LogP contribution in [0, 0.1) is 5.92 Å². The lowest BCUT2D eigenvalue weighted by Gasteiger charge is -2.01. The third-order valence-corrected chi connectivity index (χ3v) is 2.93. The fourth-order valence-electron chi connectivity index (χ4n) is 1.75. The molecule has 0 N–H and O–H groups in total. The first kappa shape index (κ1) is 15.4. The molecule has 0 aromatic carbocycles. The predicted molar refractivity (Wildman–Crippen MR) is 71.6 cm³/mol. The van der Waals surface area contributed by atoms with Gasteiger partial charge < -0.3 is 4.79 Å². The summed E-state index contributed by atoms with van der Waals surface area (Å²) in [4.78, 5) is 10.3. The molecule has 0 saturated carbocycles. The number of unbranched alkanes of at least 4 members (excludes halogenated alkanes) is 6. The monoisotopic (exact) mass is 224 g/mol. The van der Waals surface area contributed by atoms with Gasteiger partial charge in [-0.05, 0) is 25.2 Å². The van der Waals surface area contributed by atoms with Crippen molar-refractivity contribution in [2.45, 2.75) is 71.6 Å². The van der Waals surface area contributed by atoms with E-state index in [0.717, 1.165) is 12.7 Å². The van der Waals surface area contributed by atoms with Crippen molar-refractivity contribution in [2.24, 2.45) is 5.92 Å². The summed E-state index contributed by atoms with van der Waals surface area (Å²) < 4.78 is 0. The largest absolute Gasteiger partial charge is 0.303 e. The SMILES string of the molecule is CCCCCCCCC=CCC(C)CC=O. The molecule has 0 aliphatic carbocycles. The van der Waals surface area contributed by atoms with Crippen molar-refractivity contribution in [3.63, 3.8) is 0 Å². The smallest absolute Gasteiger partial charge is 0.120 e. The fraction of sp³-hybridized carbons (Fsp3) is 0.800. The third-order valence-electron chi connectivity index (χ3n) is 2.93. The Balaban J connectivity index is 3.18. The Morgan fingerprint density at radius 2 is 1.62 bits per heavy atom. The highest BCUT2D eigenvalue weighted by atomic mass is 16.1. The summed E-state index contributed by atoms with van der Waals surface area (Å²) in [5.74, 6) is 0.512. The van der Waals surface area contributed by atoms with Gasteiger partial charge >= 0.3 is 0 Å². The van der Waals surface area contributed by atoms with E-state index in [9.17, 15) is 4.79 Å². The molecular weight excluding hydrogens is 196 g/mol. The number of hydrogen-bond acceptors (Lipinski definition) is 1. The van der Waals surface area contributed by atoms with Crippen LogP contribution in [0.5, 0.6) is 0 Å². The Labute approximate surface area is 101 Å². The zero-order chi connectivity index (χ0) is 12.1. The van der Waals surface area contributed by atoms with Crippen LogP contribution in [-0.2, 0) is 4.79 Å². The molecule has 1 nitrogen and oxygen atoms in total. The molecule has 16 heavy (non-hydrogen) atoms. The second-order valence-corrected chi connectivity index (χ2v) is 4.77. The van der Waals surface area contributed by atoms with Gasteiger partial charge in [0.15, 0.2) is 0 Å². The van der Waals surface area contributed by atoms with Gasteiger partial charge in [-0.3, -0.25) is 0 Å². The van der Waals surface area contributed by atoms with Gasteiger partial charge in [-0.2, -0.15) is 0 Å². The first-order chi connectivity index (χ1) is 7.81. The summed E-state index contributed by atoms with van der Waals surface area (Å²) >= 11 is 0. The van der Waals surface area contributed by atoms with Gasteiger partial charge in [0.2, 0.25) is 0 Å². The number of carbonyl (C=O) groups is 1. The van der Waals surface area contributed by atoms with Gasteiger partial charge in [-0.15, -0.1) is 0 Å². The van der Waals surface area contributed by atoms with E-state index in [1.54, 1.807) is 0 Å². The molecule has 0 heterocycles. The fourth-order valence-corrected chi connectivity index (χ4v) is 1.75. The Bertz CT molecular complexity index is 172. The maximum atomic E-state index is 10.3. The average molecular weight is 224 g/mol. The minimum Gasteiger partial charge on any atom is -0.303 e. The van der Waals surface area contributed by atoms with Crippen molar-refractivity contribution in [3.8, 4) is 0 Å². The predicted octanol–water partition coefficient (Wildman–Crippen LogP) is 4.91. The third kappa shape index (κ3) is 11.5. The molecule has 1 atom stereocenters. The normalized spacial score (nSPS) is 13.1. The molecule has 0 bridgehead atoms. The van der Waals surface area contributed by atoms with Crippen LogP contribution < -0.4 is 0 Å². The number of hydrogen-bond donors (Lipinski definition) is 0. The van der Waals surface area contributed by atoms with Gasteiger partial charge in [0.1, 0.15) is 6.29 Å². The molecule has 0 fully saturated rings. The summed E-state index contributed by atoms with van der Waals surface area (Å²) in [7, 11) is 0. The van der Waals surface area contributed by atoms with Crippen LogP contribution in [-0.4, -0.2) is 6.29 Å². The maximum Gasteiger partial charge on any atom is 0.120 e. The quantitative estimate of drug-likeness (QED) is 0.277. The van der Waals surface area contributed by atoms with Crippen molar-refractivity contribution in [3.05, 3.63) is 12.2 Å². The molecule has 0 radical (unpaired) electrons. The number of rotatable bonds is 11. The van der Waals surface area contributed by atoms with Gasteiger partial charge in [0, 0.05) is 6.42 Å². The highest BCUT2D eigenvalue weighted by molar-refractivity contribution is 5.49. The van der Waals surface area contributed by atoms with Crippen LogP contribution in [0.1, 0.15) is 71.6 Å². The zero-order valence-corrected chi connectivity index (χ0v) is 11.1. The number of allylic oxidation sites excluding steroid dienone is 2. The van der Waals surface area contributed by atoms with Crippen molar-refractivity contribution in [1.82, 2.24) is 0 Å². The van der Waals surface area contributed by atoms with Crippen LogP contribution >= 0.6 is 0 Å². The van der Waals surface area contributed by atoms with Crippen LogP contribution in [0.4, 0.5) is 0 Å². The topological polar surface area (TPSA) is 17.1 Å².